The predicted molar refractivity (Wildman–Crippen MR) is 55.2 cm³/mol. The first-order valence-corrected chi connectivity index (χ1v) is 3.87. The molecule has 0 bridgehead atoms. The molecule has 0 fully saturated rings. The Labute approximate surface area is 78.8 Å². The van der Waals surface area contributed by atoms with Crippen molar-refractivity contribution in [1.82, 2.24) is 0 Å². The molecule has 0 aromatic heterocycles. The van der Waals surface area contributed by atoms with Crippen LogP contribution >= 0.6 is 12.6 Å². The number of hydrogen-bond donors (Lipinski definition) is 1. The molecule has 0 spiro atoms. The summed E-state index contributed by atoms with van der Waals surface area (Å²) in [7, 11) is 0. The second-order valence-electron chi connectivity index (χ2n) is 1.80. The summed E-state index contributed by atoms with van der Waals surface area (Å²) < 4.78 is 4.36. The lowest BCUT2D eigenvalue weighted by Crippen LogP contribution is -1.56. The molecule has 0 N–H and O–H groups in total. The monoisotopic (exact) mass is 180 g/mol. The quantitative estimate of drug-likeness (QED) is 0.543. The van der Waals surface area contributed by atoms with E-state index in [0.717, 1.165) is 4.90 Å². The van der Waals surface area contributed by atoms with Crippen LogP contribution in [0, 0.1) is 0 Å². The van der Waals surface area contributed by atoms with Gasteiger partial charge >= 0.3 is 0 Å². The Bertz CT molecular complexity index is 213. The lowest BCUT2D eigenvalue weighted by molar-refractivity contribution is 0.406. The molecule has 64 valence electrons. The average molecular weight is 180 g/mol. The van der Waals surface area contributed by atoms with Crippen LogP contribution in [0.25, 0.3) is 0 Å². The standard InChI is InChI=1S/C6H6S.C4H6O/c7-6-4-2-1-3-5-6;1-3-5-4-2/h1-5,7H;3-4H,1-2H2. The maximum Gasteiger partial charge on any atom is 0.0829 e. The highest BCUT2D eigenvalue weighted by Crippen LogP contribution is 2.00. The van der Waals surface area contributed by atoms with Crippen molar-refractivity contribution in [3.8, 4) is 0 Å². The predicted octanol–water partition coefficient (Wildman–Crippen LogP) is 3.27. The fourth-order valence-corrected chi connectivity index (χ4v) is 0.668. The number of thiol groups is 1. The number of benzene rings is 1. The molecular formula is C10H12OS. The SMILES string of the molecule is C=COC=C.Sc1ccccc1. The van der Waals surface area contributed by atoms with Gasteiger partial charge in [-0.25, -0.2) is 0 Å². The maximum absolute atomic E-state index is 4.36. The molecule has 1 aromatic rings. The smallest absolute Gasteiger partial charge is 0.0829 e. The maximum atomic E-state index is 4.36. The summed E-state index contributed by atoms with van der Waals surface area (Å²) in [6.45, 7) is 6.51. The van der Waals surface area contributed by atoms with Gasteiger partial charge in [0.25, 0.3) is 0 Å². The van der Waals surface area contributed by atoms with E-state index in [0.29, 0.717) is 0 Å². The van der Waals surface area contributed by atoms with Gasteiger partial charge < -0.3 is 4.74 Å². The summed E-state index contributed by atoms with van der Waals surface area (Å²) in [5, 5.41) is 0. The highest BCUT2D eigenvalue weighted by Gasteiger charge is 1.73. The number of ether oxygens (including phenoxy) is 1. The molecule has 0 atom stereocenters. The van der Waals surface area contributed by atoms with Crippen molar-refractivity contribution < 1.29 is 4.74 Å². The first-order valence-electron chi connectivity index (χ1n) is 3.42. The summed E-state index contributed by atoms with van der Waals surface area (Å²) in [5.41, 5.74) is 0. The van der Waals surface area contributed by atoms with Gasteiger partial charge in [0.2, 0.25) is 0 Å². The average Bonchev–Trinajstić information content (AvgIpc) is 2.08. The minimum absolute atomic E-state index is 1.02. The van der Waals surface area contributed by atoms with Gasteiger partial charge in [0, 0.05) is 4.90 Å². The first kappa shape index (κ1) is 10.8. The third kappa shape index (κ3) is 6.96. The second kappa shape index (κ2) is 7.95. The molecule has 0 aliphatic rings. The van der Waals surface area contributed by atoms with Crippen molar-refractivity contribution in [2.24, 2.45) is 0 Å². The van der Waals surface area contributed by atoms with Gasteiger partial charge in [-0.2, -0.15) is 0 Å². The van der Waals surface area contributed by atoms with Crippen LogP contribution in [-0.4, -0.2) is 0 Å². The van der Waals surface area contributed by atoms with E-state index >= 15 is 0 Å². The molecule has 0 aliphatic carbocycles. The van der Waals surface area contributed by atoms with Crippen molar-refractivity contribution in [1.29, 1.82) is 0 Å². The molecule has 0 heterocycles. The Hall–Kier alpha value is -1.15. The molecule has 0 saturated heterocycles. The van der Waals surface area contributed by atoms with Gasteiger partial charge in [0.05, 0.1) is 12.5 Å². The molecule has 2 heteroatoms. The van der Waals surface area contributed by atoms with Crippen molar-refractivity contribution >= 4 is 12.6 Å². The normalized spacial score (nSPS) is 7.42. The molecule has 0 amide bonds. The molecule has 1 rings (SSSR count). The number of rotatable bonds is 2. The van der Waals surface area contributed by atoms with Crippen LogP contribution in [0.15, 0.2) is 60.9 Å². The zero-order chi connectivity index (χ0) is 9.23. The van der Waals surface area contributed by atoms with E-state index in [2.05, 4.69) is 30.5 Å². The highest BCUT2D eigenvalue weighted by molar-refractivity contribution is 7.80. The molecule has 0 radical (unpaired) electrons. The topological polar surface area (TPSA) is 9.23 Å². The van der Waals surface area contributed by atoms with Crippen molar-refractivity contribution in [3.63, 3.8) is 0 Å². The summed E-state index contributed by atoms with van der Waals surface area (Å²) in [5.74, 6) is 0. The second-order valence-corrected chi connectivity index (χ2v) is 2.32. The van der Waals surface area contributed by atoms with Gasteiger partial charge in [0.15, 0.2) is 0 Å². The highest BCUT2D eigenvalue weighted by atomic mass is 32.1. The summed E-state index contributed by atoms with van der Waals surface area (Å²) >= 11 is 4.08. The van der Waals surface area contributed by atoms with Crippen LogP contribution in [0.5, 0.6) is 0 Å². The number of hydrogen-bond acceptors (Lipinski definition) is 2. The van der Waals surface area contributed by atoms with Crippen LogP contribution in [0.1, 0.15) is 0 Å². The van der Waals surface area contributed by atoms with Gasteiger partial charge in [-0.05, 0) is 12.1 Å². The molecule has 1 aromatic carbocycles. The van der Waals surface area contributed by atoms with E-state index in [1.165, 1.54) is 12.5 Å². The summed E-state index contributed by atoms with van der Waals surface area (Å²) in [6, 6.07) is 9.79. The van der Waals surface area contributed by atoms with Crippen LogP contribution < -0.4 is 0 Å². The minimum Gasteiger partial charge on any atom is -0.474 e. The Morgan fingerprint density at radius 2 is 1.58 bits per heavy atom. The van der Waals surface area contributed by atoms with Crippen molar-refractivity contribution in [2.45, 2.75) is 4.90 Å². The van der Waals surface area contributed by atoms with E-state index in [4.69, 9.17) is 0 Å². The van der Waals surface area contributed by atoms with Crippen molar-refractivity contribution in [2.75, 3.05) is 0 Å². The third-order valence-corrected chi connectivity index (χ3v) is 1.25. The van der Waals surface area contributed by atoms with E-state index in [1.54, 1.807) is 0 Å². The Morgan fingerprint density at radius 3 is 1.75 bits per heavy atom. The Kier molecular flexibility index (Phi) is 7.19. The van der Waals surface area contributed by atoms with Crippen LogP contribution in [0.3, 0.4) is 0 Å². The van der Waals surface area contributed by atoms with E-state index < -0.39 is 0 Å². The summed E-state index contributed by atoms with van der Waals surface area (Å²) in [4.78, 5) is 1.02. The zero-order valence-electron chi connectivity index (χ0n) is 6.81. The van der Waals surface area contributed by atoms with Crippen LogP contribution in [0.4, 0.5) is 0 Å². The van der Waals surface area contributed by atoms with Crippen LogP contribution in [0.2, 0.25) is 0 Å². The zero-order valence-corrected chi connectivity index (χ0v) is 7.71. The van der Waals surface area contributed by atoms with E-state index in [1.807, 2.05) is 30.3 Å². The fraction of sp³-hybridized carbons (Fsp3) is 0. The van der Waals surface area contributed by atoms with Gasteiger partial charge in [-0.3, -0.25) is 0 Å². The van der Waals surface area contributed by atoms with Crippen LogP contribution in [-0.2, 0) is 4.74 Å². The van der Waals surface area contributed by atoms with Gasteiger partial charge in [-0.1, -0.05) is 31.4 Å². The lowest BCUT2D eigenvalue weighted by Gasteiger charge is -1.81. The Balaban J connectivity index is 0.000000217. The molecule has 1 nitrogen and oxygen atoms in total. The molecular weight excluding hydrogens is 168 g/mol. The third-order valence-electron chi connectivity index (χ3n) is 0.949. The van der Waals surface area contributed by atoms with E-state index in [-0.39, 0.29) is 0 Å². The van der Waals surface area contributed by atoms with Gasteiger partial charge in [-0.15, -0.1) is 12.6 Å². The first-order chi connectivity index (χ1) is 5.81. The molecule has 0 unspecified atom stereocenters. The van der Waals surface area contributed by atoms with Gasteiger partial charge in [0.1, 0.15) is 0 Å². The fourth-order valence-electron chi connectivity index (χ4n) is 0.496. The van der Waals surface area contributed by atoms with E-state index in [9.17, 15) is 0 Å². The lowest BCUT2D eigenvalue weighted by atomic mass is 10.4. The molecule has 0 aliphatic heterocycles. The molecule has 12 heavy (non-hydrogen) atoms. The largest absolute Gasteiger partial charge is 0.474 e. The summed E-state index contributed by atoms with van der Waals surface area (Å²) in [6.07, 6.45) is 2.62. The Morgan fingerprint density at radius 1 is 1.08 bits per heavy atom. The molecule has 0 saturated carbocycles. The van der Waals surface area contributed by atoms with Crippen molar-refractivity contribution in [3.05, 3.63) is 56.0 Å². The minimum atomic E-state index is 1.02.